The highest BCUT2D eigenvalue weighted by atomic mass is 16.5. The number of nitriles is 2. The van der Waals surface area contributed by atoms with Crippen LogP contribution in [0, 0.1) is 28.6 Å². The molecule has 1 N–H and O–H groups in total. The molecule has 1 amide bonds. The largest absolute Gasteiger partial charge is 0.465 e. The minimum atomic E-state index is -0.869. The number of carbonyl (C=O) groups is 2. The monoisotopic (exact) mass is 295 g/mol. The van der Waals surface area contributed by atoms with Crippen molar-refractivity contribution >= 4 is 11.9 Å². The Balaban J connectivity index is 2.54. The second-order valence-electron chi connectivity index (χ2n) is 4.77. The van der Waals surface area contributed by atoms with E-state index in [1.54, 1.807) is 6.07 Å². The number of rotatable bonds is 2. The number of allylic oxidation sites excluding steroid dienone is 1. The Morgan fingerprint density at radius 1 is 1.32 bits per heavy atom. The Labute approximate surface area is 127 Å². The van der Waals surface area contributed by atoms with Crippen LogP contribution >= 0.6 is 0 Å². The quantitative estimate of drug-likeness (QED) is 0.504. The van der Waals surface area contributed by atoms with Gasteiger partial charge in [-0.25, -0.2) is 4.79 Å². The standard InChI is InChI=1S/C16H13N3O3/c1-22-16(21)13(9-18)15-12(8-17)11(7-14(20)19-15)10-5-3-2-4-6-10/h2-6,11-12H,7H2,1H3,(H,19,20)/b15-13-/t11-,12-/m0/s1. The SMILES string of the molecule is COC(=O)/C(C#N)=C1\NC(=O)C[C@@H](c2ccccc2)[C@@H]1C#N. The van der Waals surface area contributed by atoms with Gasteiger partial charge in [0.2, 0.25) is 5.91 Å². The molecule has 1 heterocycles. The van der Waals surface area contributed by atoms with Crippen LogP contribution in [0.15, 0.2) is 41.6 Å². The second kappa shape index (κ2) is 6.55. The first-order valence-corrected chi connectivity index (χ1v) is 6.59. The lowest BCUT2D eigenvalue weighted by molar-refractivity contribution is -0.135. The lowest BCUT2D eigenvalue weighted by atomic mass is 9.78. The first-order valence-electron chi connectivity index (χ1n) is 6.59. The van der Waals surface area contributed by atoms with Gasteiger partial charge in [0, 0.05) is 12.3 Å². The molecule has 1 aromatic rings. The van der Waals surface area contributed by atoms with Gasteiger partial charge in [-0.3, -0.25) is 4.79 Å². The van der Waals surface area contributed by atoms with Crippen LogP contribution in [0.3, 0.4) is 0 Å². The van der Waals surface area contributed by atoms with Gasteiger partial charge < -0.3 is 10.1 Å². The fourth-order valence-corrected chi connectivity index (χ4v) is 2.50. The number of methoxy groups -OCH3 is 1. The van der Waals surface area contributed by atoms with Crippen molar-refractivity contribution in [2.24, 2.45) is 5.92 Å². The molecule has 0 aliphatic carbocycles. The molecular formula is C16H13N3O3. The van der Waals surface area contributed by atoms with Gasteiger partial charge in [0.15, 0.2) is 5.57 Å². The number of nitrogens with one attached hydrogen (secondary N) is 1. The fraction of sp³-hybridized carbons (Fsp3) is 0.250. The molecule has 1 aromatic carbocycles. The summed E-state index contributed by atoms with van der Waals surface area (Å²) < 4.78 is 4.55. The lowest BCUT2D eigenvalue weighted by Gasteiger charge is -2.30. The summed E-state index contributed by atoms with van der Waals surface area (Å²) in [5.41, 5.74) is 0.480. The molecular weight excluding hydrogens is 282 g/mol. The molecule has 1 aliphatic heterocycles. The highest BCUT2D eigenvalue weighted by Crippen LogP contribution is 2.36. The summed E-state index contributed by atoms with van der Waals surface area (Å²) in [6.07, 6.45) is 0.117. The first-order chi connectivity index (χ1) is 10.6. The van der Waals surface area contributed by atoms with Crippen LogP contribution in [-0.4, -0.2) is 19.0 Å². The smallest absolute Gasteiger partial charge is 0.350 e. The summed E-state index contributed by atoms with van der Waals surface area (Å²) in [5.74, 6) is -2.42. The van der Waals surface area contributed by atoms with E-state index in [2.05, 4.69) is 16.1 Å². The normalized spacial score (nSPS) is 22.8. The third-order valence-corrected chi connectivity index (χ3v) is 3.53. The molecule has 0 unspecified atom stereocenters. The zero-order valence-corrected chi connectivity index (χ0v) is 11.9. The average molecular weight is 295 g/mol. The van der Waals surface area contributed by atoms with Crippen molar-refractivity contribution < 1.29 is 14.3 Å². The molecule has 1 aliphatic rings. The van der Waals surface area contributed by atoms with E-state index in [0.717, 1.165) is 12.7 Å². The highest BCUT2D eigenvalue weighted by molar-refractivity contribution is 5.95. The van der Waals surface area contributed by atoms with Crippen LogP contribution < -0.4 is 5.32 Å². The van der Waals surface area contributed by atoms with Gasteiger partial charge in [-0.15, -0.1) is 0 Å². The lowest BCUT2D eigenvalue weighted by Crippen LogP contribution is -2.39. The average Bonchev–Trinajstić information content (AvgIpc) is 2.55. The first kappa shape index (κ1) is 15.3. The van der Waals surface area contributed by atoms with Gasteiger partial charge in [0.25, 0.3) is 0 Å². The maximum absolute atomic E-state index is 11.9. The van der Waals surface area contributed by atoms with Gasteiger partial charge in [-0.05, 0) is 5.56 Å². The van der Waals surface area contributed by atoms with E-state index in [9.17, 15) is 14.9 Å². The van der Waals surface area contributed by atoms with Crippen molar-refractivity contribution in [3.8, 4) is 12.1 Å². The summed E-state index contributed by atoms with van der Waals surface area (Å²) in [6.45, 7) is 0. The predicted octanol–water partition coefficient (Wildman–Crippen LogP) is 1.38. The molecule has 0 aromatic heterocycles. The van der Waals surface area contributed by atoms with Gasteiger partial charge >= 0.3 is 5.97 Å². The number of hydrogen-bond donors (Lipinski definition) is 1. The number of nitrogens with zero attached hydrogens (tertiary/aromatic N) is 2. The van der Waals surface area contributed by atoms with Gasteiger partial charge in [0.05, 0.1) is 24.8 Å². The van der Waals surface area contributed by atoms with Crippen LogP contribution in [-0.2, 0) is 14.3 Å². The van der Waals surface area contributed by atoms with E-state index in [-0.39, 0.29) is 23.6 Å². The molecule has 0 bridgehead atoms. The molecule has 2 rings (SSSR count). The van der Waals surface area contributed by atoms with Crippen molar-refractivity contribution in [2.75, 3.05) is 7.11 Å². The van der Waals surface area contributed by atoms with Crippen LogP contribution in [0.5, 0.6) is 0 Å². The van der Waals surface area contributed by atoms with Gasteiger partial charge in [-0.2, -0.15) is 10.5 Å². The Hall–Kier alpha value is -3.12. The summed E-state index contributed by atoms with van der Waals surface area (Å²) in [5, 5.41) is 21.1. The van der Waals surface area contributed by atoms with Crippen LogP contribution in [0.1, 0.15) is 17.9 Å². The van der Waals surface area contributed by atoms with E-state index >= 15 is 0 Å². The van der Waals surface area contributed by atoms with Crippen LogP contribution in [0.2, 0.25) is 0 Å². The number of esters is 1. The molecule has 0 spiro atoms. The summed E-state index contributed by atoms with van der Waals surface area (Å²) in [6, 6.07) is 12.9. The fourth-order valence-electron chi connectivity index (χ4n) is 2.50. The Morgan fingerprint density at radius 3 is 2.55 bits per heavy atom. The molecule has 0 radical (unpaired) electrons. The highest BCUT2D eigenvalue weighted by Gasteiger charge is 2.37. The van der Waals surface area contributed by atoms with Crippen molar-refractivity contribution in [2.45, 2.75) is 12.3 Å². The van der Waals surface area contributed by atoms with Crippen LogP contribution in [0.25, 0.3) is 0 Å². The van der Waals surface area contributed by atoms with Crippen molar-refractivity contribution in [3.05, 3.63) is 47.2 Å². The minimum absolute atomic E-state index is 0.0157. The zero-order chi connectivity index (χ0) is 16.1. The minimum Gasteiger partial charge on any atom is -0.465 e. The molecule has 22 heavy (non-hydrogen) atoms. The van der Waals surface area contributed by atoms with Gasteiger partial charge in [0.1, 0.15) is 6.07 Å². The number of piperidine rings is 1. The topological polar surface area (TPSA) is 103 Å². The Kier molecular flexibility index (Phi) is 4.55. The number of amides is 1. The molecule has 1 fully saturated rings. The second-order valence-corrected chi connectivity index (χ2v) is 4.77. The Bertz CT molecular complexity index is 710. The van der Waals surface area contributed by atoms with E-state index in [1.165, 1.54) is 0 Å². The maximum atomic E-state index is 11.9. The maximum Gasteiger partial charge on any atom is 0.350 e. The van der Waals surface area contributed by atoms with Crippen LogP contribution in [0.4, 0.5) is 0 Å². The van der Waals surface area contributed by atoms with Crippen molar-refractivity contribution in [1.82, 2.24) is 5.32 Å². The molecule has 110 valence electrons. The predicted molar refractivity (Wildman–Crippen MR) is 75.7 cm³/mol. The van der Waals surface area contributed by atoms with E-state index in [0.29, 0.717) is 0 Å². The zero-order valence-electron chi connectivity index (χ0n) is 11.9. The Morgan fingerprint density at radius 2 is 2.00 bits per heavy atom. The van der Waals surface area contributed by atoms with E-state index < -0.39 is 17.8 Å². The van der Waals surface area contributed by atoms with E-state index in [4.69, 9.17) is 5.26 Å². The summed E-state index contributed by atoms with van der Waals surface area (Å²) >= 11 is 0. The molecule has 2 atom stereocenters. The molecule has 6 heteroatoms. The van der Waals surface area contributed by atoms with Crippen molar-refractivity contribution in [1.29, 1.82) is 10.5 Å². The van der Waals surface area contributed by atoms with Gasteiger partial charge in [-0.1, -0.05) is 30.3 Å². The summed E-state index contributed by atoms with van der Waals surface area (Å²) in [4.78, 5) is 23.6. The number of carbonyl (C=O) groups excluding carboxylic acids is 2. The number of benzene rings is 1. The number of ether oxygens (including phenoxy) is 1. The third kappa shape index (κ3) is 2.82. The number of hydrogen-bond acceptors (Lipinski definition) is 5. The molecule has 0 saturated carbocycles. The molecule has 6 nitrogen and oxygen atoms in total. The van der Waals surface area contributed by atoms with Crippen molar-refractivity contribution in [3.63, 3.8) is 0 Å². The third-order valence-electron chi connectivity index (χ3n) is 3.53. The molecule has 1 saturated heterocycles. The van der Waals surface area contributed by atoms with E-state index in [1.807, 2.05) is 30.3 Å². The summed E-state index contributed by atoms with van der Waals surface area (Å²) in [7, 11) is 1.14.